The molecule has 3 N–H and O–H groups in total. The SMILES string of the molecule is CCCN1CCC(Nc2ccncc2N)CC1. The summed E-state index contributed by atoms with van der Waals surface area (Å²) < 4.78 is 0. The third kappa shape index (κ3) is 3.33. The lowest BCUT2D eigenvalue weighted by molar-refractivity contribution is 0.219. The average molecular weight is 234 g/mol. The molecule has 17 heavy (non-hydrogen) atoms. The van der Waals surface area contributed by atoms with E-state index in [1.54, 1.807) is 12.4 Å². The topological polar surface area (TPSA) is 54.2 Å². The quantitative estimate of drug-likeness (QED) is 0.836. The molecule has 0 atom stereocenters. The number of pyridine rings is 1. The number of nitrogens with zero attached hydrogens (tertiary/aromatic N) is 2. The molecule has 0 saturated carbocycles. The molecule has 1 aromatic heterocycles. The number of nitrogens with two attached hydrogens (primary N) is 1. The van der Waals surface area contributed by atoms with Crippen LogP contribution in [0.15, 0.2) is 18.5 Å². The summed E-state index contributed by atoms with van der Waals surface area (Å²) in [6.45, 7) is 5.85. The van der Waals surface area contributed by atoms with Gasteiger partial charge in [-0.2, -0.15) is 0 Å². The summed E-state index contributed by atoms with van der Waals surface area (Å²) in [5.41, 5.74) is 7.64. The standard InChI is InChI=1S/C13H22N4/c1-2-7-17-8-4-11(5-9-17)16-13-3-6-15-10-12(13)14/h3,6,10-11H,2,4-5,7-9,14H2,1H3,(H,15,16). The average Bonchev–Trinajstić information content (AvgIpc) is 2.35. The molecule has 0 bridgehead atoms. The van der Waals surface area contributed by atoms with Gasteiger partial charge in [0, 0.05) is 25.3 Å². The van der Waals surface area contributed by atoms with E-state index in [0.717, 1.165) is 11.4 Å². The van der Waals surface area contributed by atoms with E-state index in [1.165, 1.54) is 38.9 Å². The van der Waals surface area contributed by atoms with Gasteiger partial charge in [0.05, 0.1) is 17.6 Å². The highest BCUT2D eigenvalue weighted by atomic mass is 15.1. The molecule has 1 fully saturated rings. The van der Waals surface area contributed by atoms with Crippen LogP contribution in [0, 0.1) is 0 Å². The van der Waals surface area contributed by atoms with Crippen molar-refractivity contribution in [3.05, 3.63) is 18.5 Å². The fraction of sp³-hybridized carbons (Fsp3) is 0.615. The number of likely N-dealkylation sites (tertiary alicyclic amines) is 1. The Hall–Kier alpha value is -1.29. The van der Waals surface area contributed by atoms with E-state index in [9.17, 15) is 0 Å². The van der Waals surface area contributed by atoms with Gasteiger partial charge in [-0.1, -0.05) is 6.92 Å². The number of piperidine rings is 1. The van der Waals surface area contributed by atoms with E-state index in [4.69, 9.17) is 5.73 Å². The van der Waals surface area contributed by atoms with Gasteiger partial charge in [0.25, 0.3) is 0 Å². The molecule has 0 spiro atoms. The zero-order valence-electron chi connectivity index (χ0n) is 10.5. The molecule has 4 nitrogen and oxygen atoms in total. The summed E-state index contributed by atoms with van der Waals surface area (Å²) in [5.74, 6) is 0. The van der Waals surface area contributed by atoms with E-state index in [2.05, 4.69) is 22.1 Å². The van der Waals surface area contributed by atoms with Crippen molar-refractivity contribution in [3.63, 3.8) is 0 Å². The van der Waals surface area contributed by atoms with E-state index in [0.29, 0.717) is 6.04 Å². The Kier molecular flexibility index (Phi) is 4.20. The molecule has 1 aliphatic heterocycles. The Bertz CT molecular complexity index is 345. The molecule has 0 aromatic carbocycles. The maximum Gasteiger partial charge on any atom is 0.0736 e. The monoisotopic (exact) mass is 234 g/mol. The van der Waals surface area contributed by atoms with Gasteiger partial charge in [-0.05, 0) is 31.9 Å². The van der Waals surface area contributed by atoms with Crippen molar-refractivity contribution in [1.29, 1.82) is 0 Å². The predicted octanol–water partition coefficient (Wildman–Crippen LogP) is 1.95. The number of aromatic nitrogens is 1. The van der Waals surface area contributed by atoms with Gasteiger partial charge in [-0.15, -0.1) is 0 Å². The lowest BCUT2D eigenvalue weighted by Gasteiger charge is -2.32. The van der Waals surface area contributed by atoms with Crippen LogP contribution < -0.4 is 11.1 Å². The number of nitrogens with one attached hydrogen (secondary N) is 1. The number of nitrogen functional groups attached to an aromatic ring is 1. The molecule has 1 aromatic rings. The van der Waals surface area contributed by atoms with Gasteiger partial charge < -0.3 is 16.0 Å². The smallest absolute Gasteiger partial charge is 0.0736 e. The molecule has 0 radical (unpaired) electrons. The lowest BCUT2D eigenvalue weighted by atomic mass is 10.0. The zero-order valence-corrected chi connectivity index (χ0v) is 10.5. The first-order chi connectivity index (χ1) is 8.29. The molecule has 4 heteroatoms. The first-order valence-electron chi connectivity index (χ1n) is 6.48. The molecule has 94 valence electrons. The summed E-state index contributed by atoms with van der Waals surface area (Å²) in [7, 11) is 0. The summed E-state index contributed by atoms with van der Waals surface area (Å²) in [6, 6.07) is 2.50. The lowest BCUT2D eigenvalue weighted by Crippen LogP contribution is -2.39. The summed E-state index contributed by atoms with van der Waals surface area (Å²) in [6.07, 6.45) is 7.12. The zero-order chi connectivity index (χ0) is 12.1. The normalized spacial score (nSPS) is 18.2. The van der Waals surface area contributed by atoms with Gasteiger partial charge >= 0.3 is 0 Å². The van der Waals surface area contributed by atoms with Gasteiger partial charge in [0.1, 0.15) is 0 Å². The van der Waals surface area contributed by atoms with Gasteiger partial charge in [0.2, 0.25) is 0 Å². The van der Waals surface area contributed by atoms with E-state index >= 15 is 0 Å². The maximum absolute atomic E-state index is 5.88. The molecule has 0 amide bonds. The molecule has 2 rings (SSSR count). The molecule has 1 aliphatic rings. The Morgan fingerprint density at radius 3 is 2.88 bits per heavy atom. The molecule has 0 unspecified atom stereocenters. The van der Waals surface area contributed by atoms with Gasteiger partial charge in [-0.3, -0.25) is 4.98 Å². The maximum atomic E-state index is 5.88. The number of hydrogen-bond donors (Lipinski definition) is 2. The number of rotatable bonds is 4. The minimum Gasteiger partial charge on any atom is -0.396 e. The highest BCUT2D eigenvalue weighted by Gasteiger charge is 2.18. The molecular weight excluding hydrogens is 212 g/mol. The van der Waals surface area contributed by atoms with Crippen LogP contribution in [0.5, 0.6) is 0 Å². The van der Waals surface area contributed by atoms with Crippen LogP contribution in [0.2, 0.25) is 0 Å². The van der Waals surface area contributed by atoms with Crippen LogP contribution in [-0.2, 0) is 0 Å². The van der Waals surface area contributed by atoms with Crippen molar-refractivity contribution in [2.45, 2.75) is 32.2 Å². The van der Waals surface area contributed by atoms with Crippen molar-refractivity contribution in [1.82, 2.24) is 9.88 Å². The van der Waals surface area contributed by atoms with Crippen LogP contribution in [0.3, 0.4) is 0 Å². The first-order valence-corrected chi connectivity index (χ1v) is 6.48. The van der Waals surface area contributed by atoms with Crippen LogP contribution in [-0.4, -0.2) is 35.6 Å². The second-order valence-electron chi connectivity index (χ2n) is 4.72. The second-order valence-corrected chi connectivity index (χ2v) is 4.72. The minimum absolute atomic E-state index is 0.549. The Labute approximate surface area is 103 Å². The molecule has 2 heterocycles. The highest BCUT2D eigenvalue weighted by molar-refractivity contribution is 5.64. The van der Waals surface area contributed by atoms with Crippen LogP contribution in [0.1, 0.15) is 26.2 Å². The largest absolute Gasteiger partial charge is 0.396 e. The van der Waals surface area contributed by atoms with Crippen molar-refractivity contribution >= 4 is 11.4 Å². The van der Waals surface area contributed by atoms with Crippen molar-refractivity contribution in [2.24, 2.45) is 0 Å². The molecule has 1 saturated heterocycles. The Morgan fingerprint density at radius 1 is 1.47 bits per heavy atom. The van der Waals surface area contributed by atoms with E-state index < -0.39 is 0 Å². The van der Waals surface area contributed by atoms with Crippen LogP contribution in [0.4, 0.5) is 11.4 Å². The van der Waals surface area contributed by atoms with Crippen molar-refractivity contribution in [3.8, 4) is 0 Å². The Balaban J connectivity index is 1.84. The van der Waals surface area contributed by atoms with E-state index in [1.807, 2.05) is 6.07 Å². The second kappa shape index (κ2) is 5.87. The van der Waals surface area contributed by atoms with Gasteiger partial charge in [-0.25, -0.2) is 0 Å². The summed E-state index contributed by atoms with van der Waals surface area (Å²) in [4.78, 5) is 6.54. The fourth-order valence-corrected chi connectivity index (χ4v) is 2.38. The predicted molar refractivity (Wildman–Crippen MR) is 72.0 cm³/mol. The number of anilines is 2. The van der Waals surface area contributed by atoms with Crippen molar-refractivity contribution in [2.75, 3.05) is 30.7 Å². The van der Waals surface area contributed by atoms with Gasteiger partial charge in [0.15, 0.2) is 0 Å². The van der Waals surface area contributed by atoms with Crippen LogP contribution in [0.25, 0.3) is 0 Å². The van der Waals surface area contributed by atoms with Crippen LogP contribution >= 0.6 is 0 Å². The Morgan fingerprint density at radius 2 is 2.24 bits per heavy atom. The minimum atomic E-state index is 0.549. The van der Waals surface area contributed by atoms with Crippen molar-refractivity contribution < 1.29 is 0 Å². The van der Waals surface area contributed by atoms with E-state index in [-0.39, 0.29) is 0 Å². The third-order valence-electron chi connectivity index (χ3n) is 3.34. The molecular formula is C13H22N4. The summed E-state index contributed by atoms with van der Waals surface area (Å²) in [5, 5.41) is 3.52. The third-order valence-corrected chi connectivity index (χ3v) is 3.34. The first kappa shape index (κ1) is 12.2. The molecule has 0 aliphatic carbocycles. The highest BCUT2D eigenvalue weighted by Crippen LogP contribution is 2.20. The fourth-order valence-electron chi connectivity index (χ4n) is 2.38. The number of hydrogen-bond acceptors (Lipinski definition) is 4. The summed E-state index contributed by atoms with van der Waals surface area (Å²) >= 11 is 0.